The van der Waals surface area contributed by atoms with E-state index >= 15 is 0 Å². The van der Waals surface area contributed by atoms with Crippen molar-refractivity contribution in [2.24, 2.45) is 5.41 Å². The molecule has 30 heavy (non-hydrogen) atoms. The van der Waals surface area contributed by atoms with E-state index in [2.05, 4.69) is 94.1 Å². The normalized spacial score (nSPS) is 17.5. The lowest BCUT2D eigenvalue weighted by atomic mass is 9.94. The first kappa shape index (κ1) is 19.3. The van der Waals surface area contributed by atoms with Crippen molar-refractivity contribution in [2.75, 3.05) is 4.90 Å². The van der Waals surface area contributed by atoms with Crippen LogP contribution in [0.25, 0.3) is 26.8 Å². The summed E-state index contributed by atoms with van der Waals surface area (Å²) in [4.78, 5) is 3.91. The molecule has 3 aromatic carbocycles. The van der Waals surface area contributed by atoms with Gasteiger partial charge in [-0.2, -0.15) is 0 Å². The molecular weight excluding hydrogens is 386 g/mol. The van der Waals surface area contributed by atoms with Gasteiger partial charge in [0.05, 0.1) is 5.37 Å². The van der Waals surface area contributed by atoms with Crippen LogP contribution in [0.3, 0.4) is 0 Å². The highest BCUT2D eigenvalue weighted by Crippen LogP contribution is 2.52. The number of aryl methyl sites for hydroxylation is 1. The molecule has 0 bridgehead atoms. The third-order valence-electron chi connectivity index (χ3n) is 5.89. The third-order valence-corrected chi connectivity index (χ3v) is 7.79. The van der Waals surface area contributed by atoms with Gasteiger partial charge in [0.15, 0.2) is 0 Å². The van der Waals surface area contributed by atoms with Crippen LogP contribution < -0.4 is 4.90 Å². The molecule has 4 aromatic rings. The molecule has 0 fully saturated rings. The molecule has 152 valence electrons. The van der Waals surface area contributed by atoms with Crippen LogP contribution in [0.4, 0.5) is 5.69 Å². The van der Waals surface area contributed by atoms with Crippen molar-refractivity contribution in [1.82, 2.24) is 0 Å². The van der Waals surface area contributed by atoms with E-state index in [-0.39, 0.29) is 5.41 Å². The van der Waals surface area contributed by atoms with Crippen LogP contribution in [-0.2, 0) is 0 Å². The maximum atomic E-state index is 6.13. The predicted molar refractivity (Wildman–Crippen MR) is 131 cm³/mol. The quantitative estimate of drug-likeness (QED) is 0.329. The van der Waals surface area contributed by atoms with Gasteiger partial charge < -0.3 is 9.32 Å². The van der Waals surface area contributed by atoms with Gasteiger partial charge in [0.25, 0.3) is 0 Å². The Morgan fingerprint density at radius 2 is 1.53 bits per heavy atom. The maximum Gasteiger partial charge on any atom is 0.135 e. The summed E-state index contributed by atoms with van der Waals surface area (Å²) in [5.74, 6) is 0. The Balaban J connectivity index is 1.73. The summed E-state index contributed by atoms with van der Waals surface area (Å²) in [5, 5.41) is 2.68. The number of allylic oxidation sites excluding steroid dienone is 1. The van der Waals surface area contributed by atoms with Gasteiger partial charge in [-0.3, -0.25) is 0 Å². The number of fused-ring (bicyclic) bond motifs is 3. The van der Waals surface area contributed by atoms with Crippen LogP contribution in [0.1, 0.15) is 38.8 Å². The largest absolute Gasteiger partial charge is 0.456 e. The van der Waals surface area contributed by atoms with E-state index in [4.69, 9.17) is 4.42 Å². The highest BCUT2D eigenvalue weighted by Gasteiger charge is 2.40. The fraction of sp³-hybridized carbons (Fsp3) is 0.259. The van der Waals surface area contributed by atoms with Gasteiger partial charge in [-0.15, -0.1) is 0 Å². The van der Waals surface area contributed by atoms with E-state index in [9.17, 15) is 0 Å². The lowest BCUT2D eigenvalue weighted by Crippen LogP contribution is -2.38. The standard InChI is InChI=1S/C27H27NOS/c1-17-15-24-21(20-13-9-10-14-23(20)29-24)16-22(17)28-18(2)25(19-11-7-6-8-12-19)30-26(28)27(3,4)5/h6-16,26H,1-5H3. The molecular formula is C27H27NOS. The van der Waals surface area contributed by atoms with Gasteiger partial charge >= 0.3 is 0 Å². The molecule has 1 aliphatic heterocycles. The van der Waals surface area contributed by atoms with Gasteiger partial charge in [-0.25, -0.2) is 0 Å². The van der Waals surface area contributed by atoms with E-state index in [1.165, 1.54) is 38.2 Å². The summed E-state index contributed by atoms with van der Waals surface area (Å²) in [6, 6.07) is 23.6. The minimum Gasteiger partial charge on any atom is -0.456 e. The minimum absolute atomic E-state index is 0.113. The highest BCUT2D eigenvalue weighted by molar-refractivity contribution is 8.09. The lowest BCUT2D eigenvalue weighted by molar-refractivity contribution is 0.395. The molecule has 1 atom stereocenters. The third kappa shape index (κ3) is 3.04. The van der Waals surface area contributed by atoms with Crippen molar-refractivity contribution in [2.45, 2.75) is 40.0 Å². The van der Waals surface area contributed by atoms with Crippen LogP contribution in [-0.4, -0.2) is 5.37 Å². The second kappa shape index (κ2) is 6.95. The Bertz CT molecular complexity index is 1280. The van der Waals surface area contributed by atoms with Crippen LogP contribution in [0, 0.1) is 12.3 Å². The first-order chi connectivity index (χ1) is 14.3. The summed E-state index contributed by atoms with van der Waals surface area (Å²) >= 11 is 1.98. The molecule has 0 saturated heterocycles. The molecule has 1 unspecified atom stereocenters. The zero-order valence-electron chi connectivity index (χ0n) is 18.2. The van der Waals surface area contributed by atoms with Gasteiger partial charge in [-0.1, -0.05) is 81.1 Å². The Labute approximate surface area is 182 Å². The van der Waals surface area contributed by atoms with Crippen molar-refractivity contribution in [3.63, 3.8) is 0 Å². The summed E-state index contributed by atoms with van der Waals surface area (Å²) in [7, 11) is 0. The van der Waals surface area contributed by atoms with E-state index in [1.807, 2.05) is 23.9 Å². The van der Waals surface area contributed by atoms with Crippen LogP contribution in [0.2, 0.25) is 0 Å². The van der Waals surface area contributed by atoms with Crippen LogP contribution >= 0.6 is 11.8 Å². The first-order valence-electron chi connectivity index (χ1n) is 10.5. The molecule has 5 rings (SSSR count). The minimum atomic E-state index is 0.113. The molecule has 0 saturated carbocycles. The zero-order chi connectivity index (χ0) is 21.0. The number of anilines is 1. The number of benzene rings is 3. The molecule has 1 aliphatic rings. The number of furan rings is 1. The average molecular weight is 414 g/mol. The Morgan fingerprint density at radius 1 is 0.833 bits per heavy atom. The Hall–Kier alpha value is -2.65. The number of para-hydroxylation sites is 1. The van der Waals surface area contributed by atoms with Crippen LogP contribution in [0.5, 0.6) is 0 Å². The zero-order valence-corrected chi connectivity index (χ0v) is 19.0. The van der Waals surface area contributed by atoms with Crippen LogP contribution in [0.15, 0.2) is 76.8 Å². The summed E-state index contributed by atoms with van der Waals surface area (Å²) in [6.07, 6.45) is 0. The predicted octanol–water partition coefficient (Wildman–Crippen LogP) is 8.21. The van der Waals surface area contributed by atoms with Gasteiger partial charge in [0.2, 0.25) is 0 Å². The SMILES string of the molecule is CC1=C(c2ccccc2)SC(C(C)(C)C)N1c1cc2c(cc1C)oc1ccccc12. The van der Waals surface area contributed by atoms with E-state index in [0.717, 1.165) is 11.2 Å². The monoisotopic (exact) mass is 413 g/mol. The number of thioether (sulfide) groups is 1. The van der Waals surface area contributed by atoms with Gasteiger partial charge in [0, 0.05) is 27.1 Å². The lowest BCUT2D eigenvalue weighted by Gasteiger charge is -2.37. The van der Waals surface area contributed by atoms with E-state index < -0.39 is 0 Å². The topological polar surface area (TPSA) is 16.4 Å². The molecule has 3 heteroatoms. The highest BCUT2D eigenvalue weighted by atomic mass is 32.2. The summed E-state index contributed by atoms with van der Waals surface area (Å²) in [5.41, 5.74) is 7.15. The Morgan fingerprint density at radius 3 is 2.27 bits per heavy atom. The number of hydrogen-bond donors (Lipinski definition) is 0. The number of hydrogen-bond acceptors (Lipinski definition) is 3. The summed E-state index contributed by atoms with van der Waals surface area (Å²) < 4.78 is 6.13. The number of rotatable bonds is 2. The fourth-order valence-electron chi connectivity index (χ4n) is 4.39. The molecule has 2 heterocycles. The first-order valence-corrected chi connectivity index (χ1v) is 11.4. The van der Waals surface area contributed by atoms with E-state index in [1.54, 1.807) is 0 Å². The Kier molecular flexibility index (Phi) is 4.48. The van der Waals surface area contributed by atoms with E-state index in [0.29, 0.717) is 5.37 Å². The number of nitrogens with zero attached hydrogens (tertiary/aromatic N) is 1. The molecule has 0 aliphatic carbocycles. The smallest absolute Gasteiger partial charge is 0.135 e. The molecule has 0 spiro atoms. The molecule has 1 aromatic heterocycles. The van der Waals surface area contributed by atoms with Gasteiger partial charge in [0.1, 0.15) is 11.2 Å². The molecule has 0 N–H and O–H groups in total. The van der Waals surface area contributed by atoms with Gasteiger partial charge in [-0.05, 0) is 48.6 Å². The molecule has 0 radical (unpaired) electrons. The summed E-state index contributed by atoms with van der Waals surface area (Å²) in [6.45, 7) is 11.5. The molecule has 2 nitrogen and oxygen atoms in total. The fourth-order valence-corrected chi connectivity index (χ4v) is 5.89. The van der Waals surface area contributed by atoms with Crippen molar-refractivity contribution < 1.29 is 4.42 Å². The second-order valence-corrected chi connectivity index (χ2v) is 10.3. The van der Waals surface area contributed by atoms with Crippen molar-refractivity contribution in [1.29, 1.82) is 0 Å². The second-order valence-electron chi connectivity index (χ2n) is 9.22. The molecule has 0 amide bonds. The average Bonchev–Trinajstić information content (AvgIpc) is 3.25. The van der Waals surface area contributed by atoms with Crippen molar-refractivity contribution >= 4 is 44.3 Å². The van der Waals surface area contributed by atoms with Crippen molar-refractivity contribution in [3.05, 3.63) is 83.6 Å². The van der Waals surface area contributed by atoms with Crippen molar-refractivity contribution in [3.8, 4) is 0 Å². The maximum absolute atomic E-state index is 6.13.